The standard InChI is InChI=1S/C32H44N2O3/c1-25-21-27(12-13-29(25)36-2)22-31(35)34-17-15-32(16-18-34)14-6-5-8-28-7-3-4-9-30(28)37-20-19-33(24-32)23-26-10-11-26/h3-4,7,9,12-13,21,26H,5-6,8,10-11,14-20,22-24H2,1-2H3. The first kappa shape index (κ1) is 26.1. The zero-order valence-electron chi connectivity index (χ0n) is 22.8. The lowest BCUT2D eigenvalue weighted by atomic mass is 9.73. The number of likely N-dealkylation sites (tertiary alicyclic amines) is 1. The number of fused-ring (bicyclic) bond motifs is 1. The largest absolute Gasteiger partial charge is 0.496 e. The van der Waals surface area contributed by atoms with Gasteiger partial charge in [0.25, 0.3) is 0 Å². The zero-order valence-corrected chi connectivity index (χ0v) is 22.8. The average Bonchev–Trinajstić information content (AvgIpc) is 3.71. The van der Waals surface area contributed by atoms with E-state index in [0.717, 1.165) is 80.6 Å². The van der Waals surface area contributed by atoms with E-state index >= 15 is 0 Å². The van der Waals surface area contributed by atoms with Gasteiger partial charge in [0.1, 0.15) is 18.1 Å². The number of aryl methyl sites for hydroxylation is 2. The predicted octanol–water partition coefficient (Wildman–Crippen LogP) is 5.67. The summed E-state index contributed by atoms with van der Waals surface area (Å²) < 4.78 is 11.7. The smallest absolute Gasteiger partial charge is 0.226 e. The van der Waals surface area contributed by atoms with Gasteiger partial charge in [-0.25, -0.2) is 0 Å². The van der Waals surface area contributed by atoms with E-state index < -0.39 is 0 Å². The molecule has 0 atom stereocenters. The third kappa shape index (κ3) is 6.87. The van der Waals surface area contributed by atoms with E-state index in [1.807, 2.05) is 19.1 Å². The van der Waals surface area contributed by atoms with Crippen molar-refractivity contribution >= 4 is 5.91 Å². The van der Waals surface area contributed by atoms with Crippen LogP contribution in [0.5, 0.6) is 11.5 Å². The summed E-state index contributed by atoms with van der Waals surface area (Å²) in [5.41, 5.74) is 3.81. The molecule has 0 bridgehead atoms. The summed E-state index contributed by atoms with van der Waals surface area (Å²) in [5.74, 6) is 3.07. The number of amides is 1. The van der Waals surface area contributed by atoms with Gasteiger partial charge >= 0.3 is 0 Å². The lowest BCUT2D eigenvalue weighted by molar-refractivity contribution is -0.133. The number of hydrogen-bond donors (Lipinski definition) is 0. The molecule has 2 fully saturated rings. The third-order valence-corrected chi connectivity index (χ3v) is 8.80. The number of carbonyl (C=O) groups is 1. The van der Waals surface area contributed by atoms with E-state index in [4.69, 9.17) is 9.47 Å². The van der Waals surface area contributed by atoms with Crippen molar-refractivity contribution in [2.75, 3.05) is 46.4 Å². The molecule has 0 radical (unpaired) electrons. The summed E-state index contributed by atoms with van der Waals surface area (Å²) in [6.07, 6.45) is 10.2. The molecule has 200 valence electrons. The average molecular weight is 505 g/mol. The number of para-hydroxylation sites is 1. The van der Waals surface area contributed by atoms with Crippen LogP contribution >= 0.6 is 0 Å². The number of benzene rings is 2. The second-order valence-corrected chi connectivity index (χ2v) is 11.7. The van der Waals surface area contributed by atoms with Crippen molar-refractivity contribution < 1.29 is 14.3 Å². The van der Waals surface area contributed by atoms with Crippen molar-refractivity contribution in [2.24, 2.45) is 11.3 Å². The predicted molar refractivity (Wildman–Crippen MR) is 148 cm³/mol. The minimum Gasteiger partial charge on any atom is -0.496 e. The molecule has 1 amide bonds. The fourth-order valence-electron chi connectivity index (χ4n) is 6.38. The fourth-order valence-corrected chi connectivity index (χ4v) is 6.38. The van der Waals surface area contributed by atoms with Gasteiger partial charge in [-0.2, -0.15) is 0 Å². The molecular weight excluding hydrogens is 460 g/mol. The number of rotatable bonds is 5. The number of carbonyl (C=O) groups excluding carboxylic acids is 1. The highest BCUT2D eigenvalue weighted by Crippen LogP contribution is 2.40. The highest BCUT2D eigenvalue weighted by Gasteiger charge is 2.38. The van der Waals surface area contributed by atoms with E-state index in [9.17, 15) is 4.79 Å². The van der Waals surface area contributed by atoms with Crippen LogP contribution in [0.4, 0.5) is 0 Å². The van der Waals surface area contributed by atoms with Crippen LogP contribution in [0, 0.1) is 18.3 Å². The van der Waals surface area contributed by atoms with E-state index in [1.165, 1.54) is 44.2 Å². The van der Waals surface area contributed by atoms with Gasteiger partial charge in [-0.15, -0.1) is 0 Å². The Bertz CT molecular complexity index is 1060. The van der Waals surface area contributed by atoms with Crippen molar-refractivity contribution in [3.05, 3.63) is 59.2 Å². The van der Waals surface area contributed by atoms with E-state index in [0.29, 0.717) is 11.8 Å². The fraction of sp³-hybridized carbons (Fsp3) is 0.594. The number of nitrogens with zero attached hydrogens (tertiary/aromatic N) is 2. The van der Waals surface area contributed by atoms with Crippen LogP contribution in [0.2, 0.25) is 0 Å². The second-order valence-electron chi connectivity index (χ2n) is 11.7. The quantitative estimate of drug-likeness (QED) is 0.526. The molecule has 5 rings (SSSR count). The Kier molecular flexibility index (Phi) is 8.39. The Morgan fingerprint density at radius 2 is 1.86 bits per heavy atom. The summed E-state index contributed by atoms with van der Waals surface area (Å²) >= 11 is 0. The van der Waals surface area contributed by atoms with Crippen molar-refractivity contribution in [1.29, 1.82) is 0 Å². The van der Waals surface area contributed by atoms with Crippen LogP contribution in [0.25, 0.3) is 0 Å². The molecule has 5 nitrogen and oxygen atoms in total. The molecule has 1 saturated carbocycles. The molecular formula is C32H44N2O3. The molecule has 0 unspecified atom stereocenters. The van der Waals surface area contributed by atoms with Crippen molar-refractivity contribution in [1.82, 2.24) is 9.80 Å². The number of methoxy groups -OCH3 is 1. The molecule has 2 heterocycles. The molecule has 2 aromatic carbocycles. The molecule has 37 heavy (non-hydrogen) atoms. The van der Waals surface area contributed by atoms with Gasteiger partial charge in [0.05, 0.1) is 13.5 Å². The van der Waals surface area contributed by atoms with Crippen LogP contribution in [0.3, 0.4) is 0 Å². The third-order valence-electron chi connectivity index (χ3n) is 8.80. The second kappa shape index (κ2) is 11.9. The molecule has 5 heteroatoms. The molecule has 2 aliphatic heterocycles. The van der Waals surface area contributed by atoms with Crippen LogP contribution in [-0.2, 0) is 17.6 Å². The summed E-state index contributed by atoms with van der Waals surface area (Å²) in [7, 11) is 1.69. The van der Waals surface area contributed by atoms with E-state index in [-0.39, 0.29) is 5.91 Å². The van der Waals surface area contributed by atoms with Gasteiger partial charge in [0, 0.05) is 32.7 Å². The van der Waals surface area contributed by atoms with E-state index in [1.54, 1.807) is 7.11 Å². The Balaban J connectivity index is 1.23. The normalized spacial score (nSPS) is 20.9. The van der Waals surface area contributed by atoms with Gasteiger partial charge in [0.15, 0.2) is 0 Å². The molecule has 0 N–H and O–H groups in total. The molecule has 3 aliphatic rings. The van der Waals surface area contributed by atoms with Gasteiger partial charge in [-0.1, -0.05) is 36.8 Å². The molecule has 1 spiro atoms. The zero-order chi connectivity index (χ0) is 25.7. The maximum Gasteiger partial charge on any atom is 0.226 e. The highest BCUT2D eigenvalue weighted by molar-refractivity contribution is 5.79. The van der Waals surface area contributed by atoms with Crippen molar-refractivity contribution in [3.63, 3.8) is 0 Å². The number of ether oxygens (including phenoxy) is 2. The van der Waals surface area contributed by atoms with Crippen molar-refractivity contribution in [2.45, 2.75) is 64.7 Å². The van der Waals surface area contributed by atoms with Crippen molar-refractivity contribution in [3.8, 4) is 11.5 Å². The van der Waals surface area contributed by atoms with Gasteiger partial charge in [0.2, 0.25) is 5.91 Å². The maximum atomic E-state index is 13.2. The van der Waals surface area contributed by atoms with Crippen LogP contribution in [0.15, 0.2) is 42.5 Å². The first-order chi connectivity index (χ1) is 18.0. The van der Waals surface area contributed by atoms with Gasteiger partial charge in [-0.05, 0) is 92.0 Å². The topological polar surface area (TPSA) is 42.0 Å². The minimum atomic E-state index is 0.257. The Morgan fingerprint density at radius 3 is 2.62 bits per heavy atom. The molecule has 1 saturated heterocycles. The monoisotopic (exact) mass is 504 g/mol. The first-order valence-corrected chi connectivity index (χ1v) is 14.4. The first-order valence-electron chi connectivity index (χ1n) is 14.4. The number of piperidine rings is 1. The molecule has 1 aliphatic carbocycles. The number of hydrogen-bond acceptors (Lipinski definition) is 4. The summed E-state index contributed by atoms with van der Waals surface area (Å²) in [6, 6.07) is 14.7. The van der Waals surface area contributed by atoms with Crippen LogP contribution in [-0.4, -0.2) is 62.1 Å². The Morgan fingerprint density at radius 1 is 1.05 bits per heavy atom. The Labute approximate surface area is 223 Å². The maximum absolute atomic E-state index is 13.2. The SMILES string of the molecule is COc1ccc(CC(=O)N2CCC3(CCCCc4ccccc4OCCN(CC4CC4)C3)CC2)cc1C. The summed E-state index contributed by atoms with van der Waals surface area (Å²) in [6.45, 7) is 7.89. The van der Waals surface area contributed by atoms with E-state index in [2.05, 4.69) is 40.1 Å². The summed E-state index contributed by atoms with van der Waals surface area (Å²) in [4.78, 5) is 18.0. The Hall–Kier alpha value is -2.53. The van der Waals surface area contributed by atoms with Crippen LogP contribution in [0.1, 0.15) is 61.6 Å². The van der Waals surface area contributed by atoms with Gasteiger partial charge in [-0.3, -0.25) is 9.69 Å². The highest BCUT2D eigenvalue weighted by atomic mass is 16.5. The van der Waals surface area contributed by atoms with Crippen LogP contribution < -0.4 is 9.47 Å². The summed E-state index contributed by atoms with van der Waals surface area (Å²) in [5, 5.41) is 0. The molecule has 0 aromatic heterocycles. The van der Waals surface area contributed by atoms with Gasteiger partial charge < -0.3 is 14.4 Å². The lowest BCUT2D eigenvalue weighted by Crippen LogP contribution is -2.49. The molecule has 2 aromatic rings. The lowest BCUT2D eigenvalue weighted by Gasteiger charge is -2.45. The minimum absolute atomic E-state index is 0.257.